The van der Waals surface area contributed by atoms with E-state index in [9.17, 15) is 9.59 Å². The van der Waals surface area contributed by atoms with Crippen molar-refractivity contribution in [2.75, 3.05) is 27.2 Å². The number of nitrogens with zero attached hydrogens (tertiary/aromatic N) is 1. The van der Waals surface area contributed by atoms with Gasteiger partial charge >= 0.3 is 0 Å². The first-order chi connectivity index (χ1) is 7.52. The summed E-state index contributed by atoms with van der Waals surface area (Å²) in [5.74, 6) is -0.140. The monoisotopic (exact) mass is 229 g/mol. The summed E-state index contributed by atoms with van der Waals surface area (Å²) >= 11 is 0. The van der Waals surface area contributed by atoms with E-state index in [0.29, 0.717) is 19.5 Å². The van der Waals surface area contributed by atoms with E-state index in [0.717, 1.165) is 12.8 Å². The molecular weight excluding hydrogens is 206 g/mol. The normalized spacial score (nSPS) is 12.0. The number of amides is 2. The smallest absolute Gasteiger partial charge is 0.224 e. The van der Waals surface area contributed by atoms with Crippen molar-refractivity contribution in [3.05, 3.63) is 0 Å². The highest BCUT2D eigenvalue weighted by atomic mass is 16.2. The van der Waals surface area contributed by atoms with Gasteiger partial charge in [0.1, 0.15) is 0 Å². The lowest BCUT2D eigenvalue weighted by Crippen LogP contribution is -2.37. The average Bonchev–Trinajstić information content (AvgIpc) is 2.27. The number of hydrogen-bond acceptors (Lipinski definition) is 3. The van der Waals surface area contributed by atoms with Crippen LogP contribution in [-0.2, 0) is 9.59 Å². The van der Waals surface area contributed by atoms with Gasteiger partial charge in [0.05, 0.1) is 5.92 Å². The van der Waals surface area contributed by atoms with Crippen LogP contribution in [0.4, 0.5) is 0 Å². The molecule has 16 heavy (non-hydrogen) atoms. The standard InChI is InChI=1S/C11H23N3O2/c1-9(11(16)13-2)8-14(3)10(15)6-4-5-7-12/h9H,4-8,12H2,1-3H3,(H,13,16). The van der Waals surface area contributed by atoms with Gasteiger partial charge in [-0.05, 0) is 19.4 Å². The SMILES string of the molecule is CNC(=O)C(C)CN(C)C(=O)CCCCN. The molecule has 1 atom stereocenters. The molecular formula is C11H23N3O2. The number of nitrogens with two attached hydrogens (primary N) is 1. The molecule has 5 heteroatoms. The Hall–Kier alpha value is -1.10. The quantitative estimate of drug-likeness (QED) is 0.601. The van der Waals surface area contributed by atoms with Crippen LogP contribution in [-0.4, -0.2) is 43.9 Å². The van der Waals surface area contributed by atoms with Gasteiger partial charge in [0, 0.05) is 27.1 Å². The van der Waals surface area contributed by atoms with Gasteiger partial charge in [-0.2, -0.15) is 0 Å². The van der Waals surface area contributed by atoms with Gasteiger partial charge in [0.15, 0.2) is 0 Å². The maximum absolute atomic E-state index is 11.6. The number of unbranched alkanes of at least 4 members (excludes halogenated alkanes) is 1. The highest BCUT2D eigenvalue weighted by Crippen LogP contribution is 2.03. The van der Waals surface area contributed by atoms with Crippen molar-refractivity contribution in [2.24, 2.45) is 11.7 Å². The summed E-state index contributed by atoms with van der Waals surface area (Å²) in [4.78, 5) is 24.5. The van der Waals surface area contributed by atoms with E-state index in [2.05, 4.69) is 5.32 Å². The summed E-state index contributed by atoms with van der Waals surface area (Å²) in [6.07, 6.45) is 2.19. The second kappa shape index (κ2) is 8.10. The third kappa shape index (κ3) is 5.70. The molecule has 0 radical (unpaired) electrons. The summed E-state index contributed by atoms with van der Waals surface area (Å²) in [5, 5.41) is 2.57. The zero-order valence-corrected chi connectivity index (χ0v) is 10.5. The molecule has 0 aromatic heterocycles. The topological polar surface area (TPSA) is 75.4 Å². The molecule has 1 unspecified atom stereocenters. The molecule has 0 bridgehead atoms. The van der Waals surface area contributed by atoms with Crippen LogP contribution in [0.5, 0.6) is 0 Å². The first-order valence-corrected chi connectivity index (χ1v) is 5.68. The summed E-state index contributed by atoms with van der Waals surface area (Å²) in [7, 11) is 3.33. The van der Waals surface area contributed by atoms with Gasteiger partial charge in [-0.1, -0.05) is 6.92 Å². The van der Waals surface area contributed by atoms with Crippen LogP contribution < -0.4 is 11.1 Å². The van der Waals surface area contributed by atoms with Gasteiger partial charge < -0.3 is 16.0 Å². The second-order valence-corrected chi connectivity index (χ2v) is 4.04. The Labute approximate surface area is 97.4 Å². The summed E-state index contributed by atoms with van der Waals surface area (Å²) in [6, 6.07) is 0. The van der Waals surface area contributed by atoms with E-state index in [1.54, 1.807) is 19.0 Å². The highest BCUT2D eigenvalue weighted by Gasteiger charge is 2.16. The van der Waals surface area contributed by atoms with Crippen LogP contribution in [0.25, 0.3) is 0 Å². The van der Waals surface area contributed by atoms with Gasteiger partial charge in [0.25, 0.3) is 0 Å². The van der Waals surface area contributed by atoms with Crippen LogP contribution in [0.3, 0.4) is 0 Å². The Morgan fingerprint density at radius 1 is 1.38 bits per heavy atom. The minimum absolute atomic E-state index is 0.0402. The first-order valence-electron chi connectivity index (χ1n) is 5.68. The highest BCUT2D eigenvalue weighted by molar-refractivity contribution is 5.80. The number of carbonyl (C=O) groups excluding carboxylic acids is 2. The second-order valence-electron chi connectivity index (χ2n) is 4.04. The molecule has 0 aliphatic rings. The van der Waals surface area contributed by atoms with Crippen molar-refractivity contribution >= 4 is 11.8 Å². The molecule has 0 aliphatic heterocycles. The molecule has 0 saturated carbocycles. The van der Waals surface area contributed by atoms with Crippen molar-refractivity contribution in [1.82, 2.24) is 10.2 Å². The molecule has 0 spiro atoms. The Balaban J connectivity index is 3.90. The molecule has 0 rings (SSSR count). The number of hydrogen-bond donors (Lipinski definition) is 2. The predicted octanol–water partition coefficient (Wildman–Crippen LogP) is -0.0441. The molecule has 3 N–H and O–H groups in total. The minimum atomic E-state index is -0.173. The zero-order valence-electron chi connectivity index (χ0n) is 10.5. The maximum atomic E-state index is 11.6. The van der Waals surface area contributed by atoms with Gasteiger partial charge in [-0.25, -0.2) is 0 Å². The van der Waals surface area contributed by atoms with Crippen LogP contribution in [0.1, 0.15) is 26.2 Å². The van der Waals surface area contributed by atoms with E-state index >= 15 is 0 Å². The molecule has 0 heterocycles. The van der Waals surface area contributed by atoms with Crippen LogP contribution in [0, 0.1) is 5.92 Å². The Bertz CT molecular complexity index is 231. The van der Waals surface area contributed by atoms with Gasteiger partial charge in [-0.3, -0.25) is 9.59 Å². The van der Waals surface area contributed by atoms with Crippen molar-refractivity contribution in [1.29, 1.82) is 0 Å². The van der Waals surface area contributed by atoms with Gasteiger partial charge in [-0.15, -0.1) is 0 Å². The van der Waals surface area contributed by atoms with E-state index in [4.69, 9.17) is 5.73 Å². The van der Waals surface area contributed by atoms with Crippen LogP contribution in [0.15, 0.2) is 0 Å². The molecule has 0 saturated heterocycles. The molecule has 2 amide bonds. The summed E-state index contributed by atoms with van der Waals surface area (Å²) < 4.78 is 0. The van der Waals surface area contributed by atoms with Crippen LogP contribution in [0.2, 0.25) is 0 Å². The predicted molar refractivity (Wildman–Crippen MR) is 63.8 cm³/mol. The fourth-order valence-corrected chi connectivity index (χ4v) is 1.45. The Morgan fingerprint density at radius 2 is 2.00 bits per heavy atom. The van der Waals surface area contributed by atoms with E-state index < -0.39 is 0 Å². The van der Waals surface area contributed by atoms with Crippen molar-refractivity contribution in [3.63, 3.8) is 0 Å². The van der Waals surface area contributed by atoms with E-state index in [1.807, 2.05) is 6.92 Å². The van der Waals surface area contributed by atoms with Crippen molar-refractivity contribution in [3.8, 4) is 0 Å². The molecule has 0 aliphatic carbocycles. The maximum Gasteiger partial charge on any atom is 0.224 e. The molecule has 0 aromatic carbocycles. The Morgan fingerprint density at radius 3 is 2.50 bits per heavy atom. The lowest BCUT2D eigenvalue weighted by Gasteiger charge is -2.20. The van der Waals surface area contributed by atoms with E-state index in [1.165, 1.54) is 0 Å². The Kier molecular flexibility index (Phi) is 7.54. The number of nitrogens with one attached hydrogen (secondary N) is 1. The fourth-order valence-electron chi connectivity index (χ4n) is 1.45. The van der Waals surface area contributed by atoms with Crippen molar-refractivity contribution < 1.29 is 9.59 Å². The fraction of sp³-hybridized carbons (Fsp3) is 0.818. The molecule has 94 valence electrons. The molecule has 5 nitrogen and oxygen atoms in total. The summed E-state index contributed by atoms with van der Waals surface area (Å²) in [5.41, 5.74) is 5.35. The van der Waals surface area contributed by atoms with E-state index in [-0.39, 0.29) is 17.7 Å². The molecule has 0 aromatic rings. The molecule has 0 fully saturated rings. The minimum Gasteiger partial charge on any atom is -0.359 e. The lowest BCUT2D eigenvalue weighted by atomic mass is 10.1. The van der Waals surface area contributed by atoms with Crippen molar-refractivity contribution in [2.45, 2.75) is 26.2 Å². The largest absolute Gasteiger partial charge is 0.359 e. The zero-order chi connectivity index (χ0) is 12.6. The van der Waals surface area contributed by atoms with Crippen LogP contribution >= 0.6 is 0 Å². The lowest BCUT2D eigenvalue weighted by molar-refractivity contribution is -0.132. The third-order valence-electron chi connectivity index (χ3n) is 2.51. The number of carbonyl (C=O) groups is 2. The number of rotatable bonds is 7. The third-order valence-corrected chi connectivity index (χ3v) is 2.51. The average molecular weight is 229 g/mol. The van der Waals surface area contributed by atoms with Gasteiger partial charge in [0.2, 0.25) is 11.8 Å². The first kappa shape index (κ1) is 14.9. The summed E-state index contributed by atoms with van der Waals surface area (Å²) in [6.45, 7) is 2.88.